The molecule has 1 atom stereocenters. The van der Waals surface area contributed by atoms with Gasteiger partial charge in [0, 0.05) is 19.8 Å². The predicted octanol–water partition coefficient (Wildman–Crippen LogP) is 3.97. The van der Waals surface area contributed by atoms with E-state index in [9.17, 15) is 27.2 Å². The van der Waals surface area contributed by atoms with Gasteiger partial charge in [-0.3, -0.25) is 9.59 Å². The lowest BCUT2D eigenvalue weighted by Crippen LogP contribution is -2.44. The summed E-state index contributed by atoms with van der Waals surface area (Å²) in [4.78, 5) is 25.9. The van der Waals surface area contributed by atoms with Crippen molar-refractivity contribution >= 4 is 23.3 Å². The zero-order valence-electron chi connectivity index (χ0n) is 13.9. The summed E-state index contributed by atoms with van der Waals surface area (Å²) >= 11 is 0. The van der Waals surface area contributed by atoms with Crippen LogP contribution in [0.15, 0.2) is 29.8 Å². The molecule has 1 unspecified atom stereocenters. The van der Waals surface area contributed by atoms with Crippen LogP contribution in [0, 0.1) is 5.92 Å². The van der Waals surface area contributed by atoms with Crippen LogP contribution in [0.5, 0.6) is 0 Å². The molecule has 1 fully saturated rings. The second-order valence-corrected chi connectivity index (χ2v) is 6.25. The number of carbonyl (C=O) groups is 2. The van der Waals surface area contributed by atoms with Crippen LogP contribution in [0.25, 0.3) is 6.08 Å². The van der Waals surface area contributed by atoms with E-state index in [-0.39, 0.29) is 12.0 Å². The van der Waals surface area contributed by atoms with E-state index in [0.717, 1.165) is 5.69 Å². The summed E-state index contributed by atoms with van der Waals surface area (Å²) in [6, 6.07) is 7.17. The Morgan fingerprint density at radius 3 is 2.36 bits per heavy atom. The quantitative estimate of drug-likeness (QED) is 0.455. The van der Waals surface area contributed by atoms with Crippen LogP contribution in [0.2, 0.25) is 0 Å². The van der Waals surface area contributed by atoms with Gasteiger partial charge in [-0.25, -0.2) is 8.78 Å². The number of hydrogen-bond acceptors (Lipinski definition) is 3. The van der Waals surface area contributed by atoms with Gasteiger partial charge in [0.2, 0.25) is 5.78 Å². The molecule has 0 amide bonds. The number of carbonyl (C=O) groups excluding carboxylic acids is 2. The molecule has 136 valence electrons. The third kappa shape index (κ3) is 4.08. The SMILES string of the molecule is CN(C)c1ccc(/C=C2\CCCC(C(=O)C(F)(F)C(F)F)C2=O)cc1. The summed E-state index contributed by atoms with van der Waals surface area (Å²) in [5.74, 6) is -9.27. The lowest BCUT2D eigenvalue weighted by molar-refractivity contribution is -0.172. The van der Waals surface area contributed by atoms with Gasteiger partial charge in [0.15, 0.2) is 5.78 Å². The maximum absolute atomic E-state index is 13.3. The van der Waals surface area contributed by atoms with Crippen molar-refractivity contribution in [2.45, 2.75) is 31.6 Å². The van der Waals surface area contributed by atoms with Crippen LogP contribution in [0.4, 0.5) is 23.2 Å². The van der Waals surface area contributed by atoms with E-state index in [2.05, 4.69) is 0 Å². The van der Waals surface area contributed by atoms with E-state index in [1.165, 1.54) is 6.08 Å². The normalized spacial score (nSPS) is 20.2. The zero-order valence-corrected chi connectivity index (χ0v) is 13.9. The van der Waals surface area contributed by atoms with Crippen LogP contribution in [-0.4, -0.2) is 38.0 Å². The standard InChI is InChI=1S/C18H19F4NO2/c1-23(2)13-8-6-11(7-9-13)10-12-4-3-5-14(15(12)24)16(25)18(21,22)17(19)20/h6-10,14,17H,3-5H2,1-2H3/b12-10+. The molecule has 0 aliphatic heterocycles. The highest BCUT2D eigenvalue weighted by atomic mass is 19.3. The van der Waals surface area contributed by atoms with E-state index in [1.54, 1.807) is 12.1 Å². The van der Waals surface area contributed by atoms with Crippen molar-refractivity contribution in [2.75, 3.05) is 19.0 Å². The Balaban J connectivity index is 2.23. The first-order valence-corrected chi connectivity index (χ1v) is 7.87. The molecular weight excluding hydrogens is 338 g/mol. The average Bonchev–Trinajstić information content (AvgIpc) is 2.56. The summed E-state index contributed by atoms with van der Waals surface area (Å²) in [7, 11) is 3.75. The fraction of sp³-hybridized carbons (Fsp3) is 0.444. The summed E-state index contributed by atoms with van der Waals surface area (Å²) in [6.45, 7) is 0. The molecule has 0 radical (unpaired) electrons. The highest BCUT2D eigenvalue weighted by Gasteiger charge is 2.53. The highest BCUT2D eigenvalue weighted by molar-refractivity contribution is 6.14. The summed E-state index contributed by atoms with van der Waals surface area (Å²) in [5, 5.41) is 0. The highest BCUT2D eigenvalue weighted by Crippen LogP contribution is 2.34. The predicted molar refractivity (Wildman–Crippen MR) is 87.1 cm³/mol. The molecule has 1 aliphatic rings. The molecule has 0 aromatic heterocycles. The number of rotatable bonds is 5. The van der Waals surface area contributed by atoms with E-state index < -0.39 is 29.8 Å². The number of Topliss-reactive ketones (excluding diaryl/α,β-unsaturated/α-hetero) is 2. The van der Waals surface area contributed by atoms with Crippen molar-refractivity contribution in [3.63, 3.8) is 0 Å². The first-order valence-electron chi connectivity index (χ1n) is 7.87. The molecule has 2 rings (SSSR count). The number of anilines is 1. The van der Waals surface area contributed by atoms with Crippen LogP contribution in [0.1, 0.15) is 24.8 Å². The Labute approximate surface area is 143 Å². The zero-order chi connectivity index (χ0) is 18.8. The first kappa shape index (κ1) is 19.1. The Morgan fingerprint density at radius 2 is 1.84 bits per heavy atom. The second kappa shape index (κ2) is 7.37. The molecule has 0 saturated heterocycles. The second-order valence-electron chi connectivity index (χ2n) is 6.25. The van der Waals surface area contributed by atoms with E-state index in [0.29, 0.717) is 18.4 Å². The van der Waals surface area contributed by atoms with Crippen LogP contribution in [0.3, 0.4) is 0 Å². The third-order valence-electron chi connectivity index (χ3n) is 4.24. The molecule has 25 heavy (non-hydrogen) atoms. The fourth-order valence-electron chi connectivity index (χ4n) is 2.78. The summed E-state index contributed by atoms with van der Waals surface area (Å²) in [6.07, 6.45) is -2.05. The Bertz CT molecular complexity index is 681. The molecule has 1 aliphatic carbocycles. The van der Waals surface area contributed by atoms with Crippen LogP contribution < -0.4 is 4.90 Å². The Hall–Kier alpha value is -2.18. The van der Waals surface area contributed by atoms with Gasteiger partial charge in [-0.05, 0) is 48.6 Å². The largest absolute Gasteiger partial charge is 0.378 e. The number of hydrogen-bond donors (Lipinski definition) is 0. The number of alkyl halides is 4. The minimum Gasteiger partial charge on any atom is -0.378 e. The van der Waals surface area contributed by atoms with E-state index >= 15 is 0 Å². The molecule has 0 N–H and O–H groups in total. The minimum absolute atomic E-state index is 0.128. The van der Waals surface area contributed by atoms with Gasteiger partial charge < -0.3 is 4.90 Å². The maximum atomic E-state index is 13.3. The van der Waals surface area contributed by atoms with Gasteiger partial charge in [-0.1, -0.05) is 12.1 Å². The summed E-state index contributed by atoms with van der Waals surface area (Å²) in [5.41, 5.74) is 1.84. The minimum atomic E-state index is -4.80. The van der Waals surface area contributed by atoms with Gasteiger partial charge in [0.25, 0.3) is 0 Å². The van der Waals surface area contributed by atoms with Gasteiger partial charge in [0.05, 0.1) is 5.92 Å². The van der Waals surface area contributed by atoms with Crippen LogP contribution in [-0.2, 0) is 9.59 Å². The third-order valence-corrected chi connectivity index (χ3v) is 4.24. The Morgan fingerprint density at radius 1 is 1.24 bits per heavy atom. The van der Waals surface area contributed by atoms with Gasteiger partial charge in [-0.15, -0.1) is 0 Å². The lowest BCUT2D eigenvalue weighted by Gasteiger charge is -2.25. The fourth-order valence-corrected chi connectivity index (χ4v) is 2.78. The molecule has 7 heteroatoms. The molecule has 0 heterocycles. The first-order chi connectivity index (χ1) is 11.6. The summed E-state index contributed by atoms with van der Waals surface area (Å²) < 4.78 is 51.4. The number of benzene rings is 1. The van der Waals surface area contributed by atoms with Crippen molar-refractivity contribution in [3.05, 3.63) is 35.4 Å². The number of allylic oxidation sites excluding steroid dienone is 1. The van der Waals surface area contributed by atoms with Crippen molar-refractivity contribution < 1.29 is 27.2 Å². The molecule has 1 saturated carbocycles. The number of ketones is 2. The lowest BCUT2D eigenvalue weighted by atomic mass is 9.79. The van der Waals surface area contributed by atoms with E-state index in [4.69, 9.17) is 0 Å². The smallest absolute Gasteiger partial charge is 0.365 e. The van der Waals surface area contributed by atoms with Gasteiger partial charge >= 0.3 is 12.3 Å². The molecule has 1 aromatic rings. The monoisotopic (exact) mass is 357 g/mol. The maximum Gasteiger partial charge on any atom is 0.365 e. The number of halogens is 4. The van der Waals surface area contributed by atoms with Crippen molar-refractivity contribution in [2.24, 2.45) is 5.92 Å². The van der Waals surface area contributed by atoms with E-state index in [1.807, 2.05) is 31.1 Å². The van der Waals surface area contributed by atoms with Crippen molar-refractivity contribution in [3.8, 4) is 0 Å². The van der Waals surface area contributed by atoms with Crippen LogP contribution >= 0.6 is 0 Å². The molecule has 3 nitrogen and oxygen atoms in total. The molecule has 0 spiro atoms. The Kier molecular flexibility index (Phi) is 5.65. The topological polar surface area (TPSA) is 37.4 Å². The average molecular weight is 357 g/mol. The van der Waals surface area contributed by atoms with Crippen molar-refractivity contribution in [1.29, 1.82) is 0 Å². The molecular formula is C18H19F4NO2. The molecule has 0 bridgehead atoms. The van der Waals surface area contributed by atoms with Gasteiger partial charge in [0.1, 0.15) is 0 Å². The number of nitrogens with zero attached hydrogens (tertiary/aromatic N) is 1. The van der Waals surface area contributed by atoms with Crippen molar-refractivity contribution in [1.82, 2.24) is 0 Å². The van der Waals surface area contributed by atoms with Gasteiger partial charge in [-0.2, -0.15) is 8.78 Å². The molecule has 1 aromatic carbocycles.